The quantitative estimate of drug-likeness (QED) is 0.802. The second kappa shape index (κ2) is 7.61. The monoisotopic (exact) mass is 337 g/mol. The third kappa shape index (κ3) is 3.99. The fourth-order valence-electron chi connectivity index (χ4n) is 2.00. The third-order valence-corrected chi connectivity index (χ3v) is 4.44. The highest BCUT2D eigenvalue weighted by Gasteiger charge is 2.11. The van der Waals surface area contributed by atoms with Crippen LogP contribution in [0.3, 0.4) is 0 Å². The number of alkyl halides is 1. The zero-order valence-electron chi connectivity index (χ0n) is 13.0. The number of amides is 1. The average Bonchev–Trinajstić information content (AvgIpc) is 2.99. The van der Waals surface area contributed by atoms with Crippen molar-refractivity contribution in [3.63, 3.8) is 0 Å². The number of benzene rings is 1. The second-order valence-electron chi connectivity index (χ2n) is 4.87. The summed E-state index contributed by atoms with van der Waals surface area (Å²) in [7, 11) is 0. The molecule has 1 atom stereocenters. The molecule has 2 rings (SSSR count). The summed E-state index contributed by atoms with van der Waals surface area (Å²) in [5.41, 5.74) is 2.72. The van der Waals surface area contributed by atoms with E-state index < -0.39 is 5.38 Å². The molecule has 1 amide bonds. The minimum Gasteiger partial charge on any atom is -0.349 e. The number of hydrogen-bond acceptors (Lipinski definition) is 4. The Labute approximate surface area is 140 Å². The van der Waals surface area contributed by atoms with E-state index in [0.717, 1.165) is 35.2 Å². The average molecular weight is 338 g/mol. The number of nitrogens with one attached hydrogen (secondary N) is 1. The summed E-state index contributed by atoms with van der Waals surface area (Å²) in [5, 5.41) is 5.31. The number of nitrogens with zero attached hydrogens (tertiary/aromatic N) is 2. The molecule has 0 aliphatic heterocycles. The number of thiazole rings is 1. The van der Waals surface area contributed by atoms with Crippen molar-refractivity contribution in [2.75, 3.05) is 23.3 Å². The minimum absolute atomic E-state index is 0.202. The minimum atomic E-state index is -0.546. The van der Waals surface area contributed by atoms with E-state index in [1.807, 2.05) is 24.3 Å². The van der Waals surface area contributed by atoms with Crippen molar-refractivity contribution in [3.05, 3.63) is 29.6 Å². The number of carbonyl (C=O) groups is 1. The lowest BCUT2D eigenvalue weighted by Gasteiger charge is -2.16. The Morgan fingerprint density at radius 3 is 2.50 bits per heavy atom. The van der Waals surface area contributed by atoms with Gasteiger partial charge in [0.15, 0.2) is 5.13 Å². The highest BCUT2D eigenvalue weighted by atomic mass is 35.5. The SMILES string of the molecule is CCN(CC)c1nc(-c2ccc(NC(=O)[C@H](C)Cl)cc2)cs1. The molecule has 6 heteroatoms. The van der Waals surface area contributed by atoms with Gasteiger partial charge in [-0.1, -0.05) is 12.1 Å². The van der Waals surface area contributed by atoms with Crippen LogP contribution >= 0.6 is 22.9 Å². The summed E-state index contributed by atoms with van der Waals surface area (Å²) in [6.07, 6.45) is 0. The predicted octanol–water partition coefficient (Wildman–Crippen LogP) is 4.22. The van der Waals surface area contributed by atoms with Gasteiger partial charge in [-0.15, -0.1) is 22.9 Å². The van der Waals surface area contributed by atoms with Crippen LogP contribution in [0.15, 0.2) is 29.6 Å². The van der Waals surface area contributed by atoms with Crippen molar-refractivity contribution in [2.24, 2.45) is 0 Å². The van der Waals surface area contributed by atoms with Gasteiger partial charge < -0.3 is 10.2 Å². The van der Waals surface area contributed by atoms with Crippen LogP contribution in [0, 0.1) is 0 Å². The van der Waals surface area contributed by atoms with Gasteiger partial charge in [-0.3, -0.25) is 4.79 Å². The van der Waals surface area contributed by atoms with Gasteiger partial charge >= 0.3 is 0 Å². The Kier molecular flexibility index (Phi) is 5.80. The molecule has 118 valence electrons. The number of aromatic nitrogens is 1. The maximum absolute atomic E-state index is 11.6. The molecular weight excluding hydrogens is 318 g/mol. The van der Waals surface area contributed by atoms with Crippen molar-refractivity contribution in [3.8, 4) is 11.3 Å². The Morgan fingerprint density at radius 2 is 1.95 bits per heavy atom. The number of carbonyl (C=O) groups excluding carboxylic acids is 1. The molecule has 2 aromatic rings. The molecule has 1 heterocycles. The zero-order chi connectivity index (χ0) is 16.1. The van der Waals surface area contributed by atoms with Crippen LogP contribution in [0.2, 0.25) is 0 Å². The zero-order valence-corrected chi connectivity index (χ0v) is 14.5. The lowest BCUT2D eigenvalue weighted by atomic mass is 10.1. The van der Waals surface area contributed by atoms with Crippen LogP contribution < -0.4 is 10.2 Å². The summed E-state index contributed by atoms with van der Waals surface area (Å²) < 4.78 is 0. The largest absolute Gasteiger partial charge is 0.349 e. The predicted molar refractivity (Wildman–Crippen MR) is 95.1 cm³/mol. The molecule has 0 fully saturated rings. The highest BCUT2D eigenvalue weighted by Crippen LogP contribution is 2.28. The summed E-state index contributed by atoms with van der Waals surface area (Å²) in [5.74, 6) is -0.202. The van der Waals surface area contributed by atoms with Crippen LogP contribution in [-0.2, 0) is 4.79 Å². The Balaban J connectivity index is 2.12. The number of hydrogen-bond donors (Lipinski definition) is 1. The van der Waals surface area contributed by atoms with E-state index in [1.165, 1.54) is 0 Å². The molecule has 0 saturated heterocycles. The van der Waals surface area contributed by atoms with Crippen molar-refractivity contribution >= 4 is 39.7 Å². The van der Waals surface area contributed by atoms with E-state index in [0.29, 0.717) is 0 Å². The van der Waals surface area contributed by atoms with E-state index in [9.17, 15) is 4.79 Å². The lowest BCUT2D eigenvalue weighted by molar-refractivity contribution is -0.115. The molecule has 4 nitrogen and oxygen atoms in total. The molecular formula is C16H20ClN3OS. The molecule has 1 aromatic carbocycles. The first-order valence-corrected chi connectivity index (χ1v) is 8.62. The lowest BCUT2D eigenvalue weighted by Crippen LogP contribution is -2.21. The highest BCUT2D eigenvalue weighted by molar-refractivity contribution is 7.14. The van der Waals surface area contributed by atoms with Crippen molar-refractivity contribution in [2.45, 2.75) is 26.1 Å². The van der Waals surface area contributed by atoms with Gasteiger partial charge in [0.1, 0.15) is 5.38 Å². The van der Waals surface area contributed by atoms with Gasteiger partial charge in [-0.25, -0.2) is 4.98 Å². The molecule has 1 aromatic heterocycles. The summed E-state index contributed by atoms with van der Waals surface area (Å²) in [6.45, 7) is 7.80. The van der Waals surface area contributed by atoms with Crippen molar-refractivity contribution in [1.29, 1.82) is 0 Å². The smallest absolute Gasteiger partial charge is 0.242 e. The molecule has 1 N–H and O–H groups in total. The van der Waals surface area contributed by atoms with Gasteiger partial charge in [0.25, 0.3) is 0 Å². The summed E-state index contributed by atoms with van der Waals surface area (Å²) in [4.78, 5) is 18.5. The molecule has 0 radical (unpaired) electrons. The Hall–Kier alpha value is -1.59. The summed E-state index contributed by atoms with van der Waals surface area (Å²) >= 11 is 7.39. The van der Waals surface area contributed by atoms with Crippen LogP contribution in [0.5, 0.6) is 0 Å². The van der Waals surface area contributed by atoms with Crippen LogP contribution in [0.1, 0.15) is 20.8 Å². The van der Waals surface area contributed by atoms with Gasteiger partial charge in [0.2, 0.25) is 5.91 Å². The first-order valence-electron chi connectivity index (χ1n) is 7.31. The van der Waals surface area contributed by atoms with Gasteiger partial charge in [0.05, 0.1) is 5.69 Å². The third-order valence-electron chi connectivity index (χ3n) is 3.34. The molecule has 0 aliphatic rings. The van der Waals surface area contributed by atoms with Crippen molar-refractivity contribution in [1.82, 2.24) is 4.98 Å². The fraction of sp³-hybridized carbons (Fsp3) is 0.375. The molecule has 0 saturated carbocycles. The molecule has 0 spiro atoms. The van der Waals surface area contributed by atoms with Gasteiger partial charge in [0, 0.05) is 29.7 Å². The van der Waals surface area contributed by atoms with Crippen LogP contribution in [0.25, 0.3) is 11.3 Å². The number of halogens is 1. The van der Waals surface area contributed by atoms with Crippen LogP contribution in [-0.4, -0.2) is 29.4 Å². The summed E-state index contributed by atoms with van der Waals surface area (Å²) in [6, 6.07) is 7.64. The maximum atomic E-state index is 11.6. The maximum Gasteiger partial charge on any atom is 0.242 e. The first-order chi connectivity index (χ1) is 10.5. The molecule has 0 bridgehead atoms. The second-order valence-corrected chi connectivity index (χ2v) is 6.36. The van der Waals surface area contributed by atoms with E-state index in [1.54, 1.807) is 18.3 Å². The van der Waals surface area contributed by atoms with Gasteiger partial charge in [-0.2, -0.15) is 0 Å². The molecule has 22 heavy (non-hydrogen) atoms. The van der Waals surface area contributed by atoms with Crippen LogP contribution in [0.4, 0.5) is 10.8 Å². The number of rotatable bonds is 6. The van der Waals surface area contributed by atoms with Crippen molar-refractivity contribution < 1.29 is 4.79 Å². The molecule has 0 unspecified atom stereocenters. The van der Waals surface area contributed by atoms with E-state index in [4.69, 9.17) is 11.6 Å². The standard InChI is InChI=1S/C16H20ClN3OS/c1-4-20(5-2)16-19-14(10-22-16)12-6-8-13(9-7-12)18-15(21)11(3)17/h6-11H,4-5H2,1-3H3,(H,18,21)/t11-/m0/s1. The van der Waals surface area contributed by atoms with Gasteiger partial charge in [-0.05, 0) is 32.9 Å². The van der Waals surface area contributed by atoms with E-state index in [2.05, 4.69) is 34.4 Å². The Morgan fingerprint density at radius 1 is 1.32 bits per heavy atom. The fourth-order valence-corrected chi connectivity index (χ4v) is 3.02. The van der Waals surface area contributed by atoms with E-state index >= 15 is 0 Å². The Bertz CT molecular complexity index is 621. The normalized spacial score (nSPS) is 12.0. The number of anilines is 2. The molecule has 0 aliphatic carbocycles. The first kappa shape index (κ1) is 16.8. The topological polar surface area (TPSA) is 45.2 Å². The van der Waals surface area contributed by atoms with E-state index in [-0.39, 0.29) is 5.91 Å².